The van der Waals surface area contributed by atoms with Gasteiger partial charge in [0.05, 0.1) is 13.3 Å². The Morgan fingerprint density at radius 2 is 2.15 bits per heavy atom. The van der Waals surface area contributed by atoms with E-state index in [9.17, 15) is 4.79 Å². The topological polar surface area (TPSA) is 69.7 Å². The molecule has 2 heterocycles. The molecule has 6 nitrogen and oxygen atoms in total. The molecule has 1 aliphatic rings. The second-order valence-corrected chi connectivity index (χ2v) is 5.04. The summed E-state index contributed by atoms with van der Waals surface area (Å²) >= 11 is 1.23. The van der Waals surface area contributed by atoms with Crippen LogP contribution < -0.4 is 14.8 Å². The molecule has 0 bridgehead atoms. The van der Waals surface area contributed by atoms with Gasteiger partial charge in [-0.1, -0.05) is 11.3 Å². The monoisotopic (exact) mass is 292 g/mol. The Balaban J connectivity index is 1.77. The first-order valence-electron chi connectivity index (χ1n) is 5.97. The van der Waals surface area contributed by atoms with Crippen LogP contribution in [0.5, 0.6) is 11.5 Å². The highest BCUT2D eigenvalue weighted by Crippen LogP contribution is 2.34. The van der Waals surface area contributed by atoms with E-state index >= 15 is 0 Å². The summed E-state index contributed by atoms with van der Waals surface area (Å²) in [6, 6.07) is 5.55. The Morgan fingerprint density at radius 1 is 1.35 bits per heavy atom. The number of hydrogen-bond acceptors (Lipinski definition) is 7. The van der Waals surface area contributed by atoms with E-state index in [1.165, 1.54) is 24.6 Å². The van der Waals surface area contributed by atoms with Gasteiger partial charge in [0.2, 0.25) is 0 Å². The van der Waals surface area contributed by atoms with Crippen molar-refractivity contribution in [1.29, 1.82) is 0 Å². The summed E-state index contributed by atoms with van der Waals surface area (Å²) in [6.45, 7) is 1.11. The van der Waals surface area contributed by atoms with Crippen LogP contribution in [0.15, 0.2) is 24.4 Å². The first kappa shape index (κ1) is 12.7. The molecule has 0 saturated heterocycles. The molecule has 0 saturated carbocycles. The highest BCUT2D eigenvalue weighted by molar-refractivity contribution is 7.17. The Labute approximate surface area is 119 Å². The number of nitrogens with one attached hydrogen (secondary N) is 1. The van der Waals surface area contributed by atoms with Crippen LogP contribution in [0.3, 0.4) is 0 Å². The molecule has 1 aliphatic heterocycles. The SMILES string of the molecule is COC(=O)c1cnc(Nc2ccc3c(c2)OCCO3)s1. The highest BCUT2D eigenvalue weighted by Gasteiger charge is 2.13. The Kier molecular flexibility index (Phi) is 3.42. The molecule has 0 radical (unpaired) electrons. The molecule has 0 aliphatic carbocycles. The number of benzene rings is 1. The molecule has 3 rings (SSSR count). The third-order valence-electron chi connectivity index (χ3n) is 2.69. The number of thiazole rings is 1. The van der Waals surface area contributed by atoms with Crippen molar-refractivity contribution in [3.63, 3.8) is 0 Å². The Bertz CT molecular complexity index is 641. The van der Waals surface area contributed by atoms with E-state index in [1.54, 1.807) is 0 Å². The van der Waals surface area contributed by atoms with E-state index in [2.05, 4.69) is 15.0 Å². The molecule has 20 heavy (non-hydrogen) atoms. The van der Waals surface area contributed by atoms with Crippen molar-refractivity contribution in [2.45, 2.75) is 0 Å². The number of anilines is 2. The summed E-state index contributed by atoms with van der Waals surface area (Å²) in [4.78, 5) is 15.9. The van der Waals surface area contributed by atoms with Gasteiger partial charge in [-0.3, -0.25) is 0 Å². The molecule has 104 valence electrons. The number of fused-ring (bicyclic) bond motifs is 1. The molecular weight excluding hydrogens is 280 g/mol. The summed E-state index contributed by atoms with van der Waals surface area (Å²) in [5, 5.41) is 3.73. The van der Waals surface area contributed by atoms with Crippen LogP contribution in [-0.2, 0) is 4.74 Å². The zero-order valence-corrected chi connectivity index (χ0v) is 11.5. The van der Waals surface area contributed by atoms with Crippen molar-refractivity contribution in [3.8, 4) is 11.5 Å². The van der Waals surface area contributed by atoms with Gasteiger partial charge in [-0.2, -0.15) is 0 Å². The third-order valence-corrected chi connectivity index (χ3v) is 3.58. The fourth-order valence-electron chi connectivity index (χ4n) is 1.77. The van der Waals surface area contributed by atoms with Crippen molar-refractivity contribution in [1.82, 2.24) is 4.98 Å². The van der Waals surface area contributed by atoms with Crippen LogP contribution in [0.25, 0.3) is 0 Å². The lowest BCUT2D eigenvalue weighted by molar-refractivity contribution is 0.0606. The molecule has 0 amide bonds. The molecule has 1 N–H and O–H groups in total. The molecule has 7 heteroatoms. The lowest BCUT2D eigenvalue weighted by atomic mass is 10.2. The number of nitrogens with zero attached hydrogens (tertiary/aromatic N) is 1. The standard InChI is InChI=1S/C13H12N2O4S/c1-17-12(16)11-7-14-13(20-11)15-8-2-3-9-10(6-8)19-5-4-18-9/h2-3,6-7H,4-5H2,1H3,(H,14,15). The normalized spacial score (nSPS) is 12.8. The third kappa shape index (κ3) is 2.53. The van der Waals surface area contributed by atoms with Gasteiger partial charge in [0.1, 0.15) is 18.1 Å². The van der Waals surface area contributed by atoms with E-state index in [-0.39, 0.29) is 0 Å². The number of carbonyl (C=O) groups excluding carboxylic acids is 1. The summed E-state index contributed by atoms with van der Waals surface area (Å²) in [7, 11) is 1.34. The van der Waals surface area contributed by atoms with Gasteiger partial charge < -0.3 is 19.5 Å². The quantitative estimate of drug-likeness (QED) is 0.876. The second-order valence-electron chi connectivity index (χ2n) is 4.00. The first-order valence-corrected chi connectivity index (χ1v) is 6.79. The van der Waals surface area contributed by atoms with Gasteiger partial charge in [0.15, 0.2) is 16.6 Å². The number of ether oxygens (including phenoxy) is 3. The maximum Gasteiger partial charge on any atom is 0.349 e. The summed E-state index contributed by atoms with van der Waals surface area (Å²) < 4.78 is 15.6. The zero-order chi connectivity index (χ0) is 13.9. The van der Waals surface area contributed by atoms with Crippen molar-refractivity contribution >= 4 is 28.1 Å². The van der Waals surface area contributed by atoms with Gasteiger partial charge in [-0.05, 0) is 12.1 Å². The van der Waals surface area contributed by atoms with Gasteiger partial charge in [0.25, 0.3) is 0 Å². The summed E-state index contributed by atoms with van der Waals surface area (Å²) in [6.07, 6.45) is 1.48. The van der Waals surface area contributed by atoms with Gasteiger partial charge >= 0.3 is 5.97 Å². The average Bonchev–Trinajstić information content (AvgIpc) is 2.95. The van der Waals surface area contributed by atoms with Gasteiger partial charge in [-0.25, -0.2) is 9.78 Å². The van der Waals surface area contributed by atoms with E-state index < -0.39 is 5.97 Å². The molecule has 1 aromatic heterocycles. The van der Waals surface area contributed by atoms with Gasteiger partial charge in [0, 0.05) is 11.8 Å². The number of hydrogen-bond donors (Lipinski definition) is 1. The predicted octanol–water partition coefficient (Wildman–Crippen LogP) is 2.44. The second kappa shape index (κ2) is 5.38. The molecule has 1 aromatic carbocycles. The fourth-order valence-corrected chi connectivity index (χ4v) is 2.53. The molecule has 0 fully saturated rings. The minimum Gasteiger partial charge on any atom is -0.486 e. The smallest absolute Gasteiger partial charge is 0.349 e. The van der Waals surface area contributed by atoms with Crippen LogP contribution in [-0.4, -0.2) is 31.3 Å². The maximum atomic E-state index is 11.4. The van der Waals surface area contributed by atoms with E-state index in [0.717, 1.165) is 11.4 Å². The molecule has 0 unspecified atom stereocenters. The first-order chi connectivity index (χ1) is 9.76. The van der Waals surface area contributed by atoms with Crippen molar-refractivity contribution in [2.75, 3.05) is 25.6 Å². The molecule has 0 spiro atoms. The summed E-state index contributed by atoms with van der Waals surface area (Å²) in [5.74, 6) is 1.04. The van der Waals surface area contributed by atoms with E-state index in [4.69, 9.17) is 9.47 Å². The van der Waals surface area contributed by atoms with Crippen LogP contribution in [0, 0.1) is 0 Å². The predicted molar refractivity (Wildman–Crippen MR) is 74.2 cm³/mol. The summed E-state index contributed by atoms with van der Waals surface area (Å²) in [5.41, 5.74) is 0.819. The average molecular weight is 292 g/mol. The zero-order valence-electron chi connectivity index (χ0n) is 10.7. The largest absolute Gasteiger partial charge is 0.486 e. The molecule has 0 atom stereocenters. The van der Waals surface area contributed by atoms with Crippen LogP contribution >= 0.6 is 11.3 Å². The van der Waals surface area contributed by atoms with E-state index in [0.29, 0.717) is 29.0 Å². The van der Waals surface area contributed by atoms with E-state index in [1.807, 2.05) is 18.2 Å². The van der Waals surface area contributed by atoms with Crippen molar-refractivity contribution < 1.29 is 19.0 Å². The van der Waals surface area contributed by atoms with Crippen LogP contribution in [0.2, 0.25) is 0 Å². The van der Waals surface area contributed by atoms with Crippen LogP contribution in [0.1, 0.15) is 9.67 Å². The highest BCUT2D eigenvalue weighted by atomic mass is 32.1. The Morgan fingerprint density at radius 3 is 2.95 bits per heavy atom. The number of esters is 1. The Hall–Kier alpha value is -2.28. The lowest BCUT2D eigenvalue weighted by Crippen LogP contribution is -2.15. The number of carbonyl (C=O) groups is 1. The number of aromatic nitrogens is 1. The fraction of sp³-hybridized carbons (Fsp3) is 0.231. The van der Waals surface area contributed by atoms with Crippen molar-refractivity contribution in [2.24, 2.45) is 0 Å². The molecule has 2 aromatic rings. The lowest BCUT2D eigenvalue weighted by Gasteiger charge is -2.18. The van der Waals surface area contributed by atoms with Gasteiger partial charge in [-0.15, -0.1) is 0 Å². The minimum absolute atomic E-state index is 0.391. The number of rotatable bonds is 3. The molecular formula is C13H12N2O4S. The van der Waals surface area contributed by atoms with Crippen LogP contribution in [0.4, 0.5) is 10.8 Å². The van der Waals surface area contributed by atoms with Crippen molar-refractivity contribution in [3.05, 3.63) is 29.3 Å². The minimum atomic E-state index is -0.391. The number of methoxy groups -OCH3 is 1. The maximum absolute atomic E-state index is 11.4.